The van der Waals surface area contributed by atoms with Gasteiger partial charge in [0.2, 0.25) is 5.91 Å². The summed E-state index contributed by atoms with van der Waals surface area (Å²) in [5, 5.41) is 8.83. The van der Waals surface area contributed by atoms with Gasteiger partial charge in [0.05, 0.1) is 27.2 Å². The lowest BCUT2D eigenvalue weighted by Gasteiger charge is -2.30. The average Bonchev–Trinajstić information content (AvgIpc) is 2.86. The number of anilines is 2. The molecule has 1 aliphatic rings. The number of alkyl carbamates (subject to hydrolysis) is 1. The molecule has 0 saturated carbocycles. The zero-order valence-electron chi connectivity index (χ0n) is 22.4. The number of benzene rings is 2. The lowest BCUT2D eigenvalue weighted by molar-refractivity contribution is -0.113. The van der Waals surface area contributed by atoms with Crippen molar-refractivity contribution in [1.29, 1.82) is 0 Å². The van der Waals surface area contributed by atoms with Crippen molar-refractivity contribution < 1.29 is 23.9 Å². The van der Waals surface area contributed by atoms with Gasteiger partial charge in [0.1, 0.15) is 5.60 Å². The molecule has 0 saturated heterocycles. The van der Waals surface area contributed by atoms with Crippen LogP contribution in [0.3, 0.4) is 0 Å². The maximum absolute atomic E-state index is 12.9. The minimum Gasteiger partial charge on any atom is -0.444 e. The molecule has 0 radical (unpaired) electrons. The molecule has 216 valence electrons. The Kier molecular flexibility index (Phi) is 11.4. The number of thioether (sulfide) groups is 1. The number of fused-ring (bicyclic) bond motifs is 1. The van der Waals surface area contributed by atoms with Crippen molar-refractivity contribution in [3.8, 4) is 0 Å². The molecule has 3 rings (SSSR count). The van der Waals surface area contributed by atoms with Gasteiger partial charge in [-0.3, -0.25) is 14.4 Å². The summed E-state index contributed by atoms with van der Waals surface area (Å²) in [6, 6.07) is 7.90. The van der Waals surface area contributed by atoms with E-state index in [-0.39, 0.29) is 21.9 Å². The van der Waals surface area contributed by atoms with Crippen LogP contribution in [-0.4, -0.2) is 54.1 Å². The van der Waals surface area contributed by atoms with E-state index in [1.165, 1.54) is 18.2 Å². The van der Waals surface area contributed by atoms with Crippen molar-refractivity contribution in [3.63, 3.8) is 0 Å². The van der Waals surface area contributed by atoms with Crippen LogP contribution in [0.4, 0.5) is 21.0 Å². The Labute approximate surface area is 252 Å². The van der Waals surface area contributed by atoms with Gasteiger partial charge in [-0.05, 0) is 75.9 Å². The van der Waals surface area contributed by atoms with Crippen LogP contribution in [0.25, 0.3) is 0 Å². The molecule has 2 aromatic rings. The van der Waals surface area contributed by atoms with Gasteiger partial charge in [-0.15, -0.1) is 0 Å². The number of carbonyl (C=O) groups excluding carboxylic acids is 4. The van der Waals surface area contributed by atoms with Crippen molar-refractivity contribution in [1.82, 2.24) is 10.6 Å². The standard InChI is InChI=1S/C27H31Cl3N4O5S/c1-27(2,3)39-25(37)32-10-5-9-31-24(36)17-7-8-21(19(29)13-17)33-22(35)15-40-26(38)34-11-4-6-16-12-18(28)14-20(30)23(16)34/h7-8,12-14H,4-6,9-11,15H2,1-3H3,(H,31,36)(H,32,37)(H,33,35). The summed E-state index contributed by atoms with van der Waals surface area (Å²) in [6.07, 6.45) is 1.52. The first-order valence-corrected chi connectivity index (χ1v) is 14.7. The number of hydrogen-bond acceptors (Lipinski definition) is 6. The lowest BCUT2D eigenvalue weighted by Crippen LogP contribution is -2.34. The first-order valence-electron chi connectivity index (χ1n) is 12.6. The molecule has 4 amide bonds. The van der Waals surface area contributed by atoms with Crippen LogP contribution in [0.1, 0.15) is 49.5 Å². The Balaban J connectivity index is 1.45. The summed E-state index contributed by atoms with van der Waals surface area (Å²) >= 11 is 19.6. The van der Waals surface area contributed by atoms with Gasteiger partial charge in [-0.1, -0.05) is 46.6 Å². The Morgan fingerprint density at radius 1 is 1.00 bits per heavy atom. The number of carbonyl (C=O) groups is 4. The maximum atomic E-state index is 12.9. The fourth-order valence-electron chi connectivity index (χ4n) is 3.88. The van der Waals surface area contributed by atoms with Crippen molar-refractivity contribution >= 4 is 81.1 Å². The Bertz CT molecular complexity index is 1290. The summed E-state index contributed by atoms with van der Waals surface area (Å²) in [6.45, 7) is 6.49. The van der Waals surface area contributed by atoms with Gasteiger partial charge in [-0.25, -0.2) is 4.79 Å². The van der Waals surface area contributed by atoms with Crippen molar-refractivity contribution in [3.05, 3.63) is 56.5 Å². The van der Waals surface area contributed by atoms with E-state index in [2.05, 4.69) is 16.0 Å². The zero-order chi connectivity index (χ0) is 29.4. The SMILES string of the molecule is CC(C)(C)OC(=O)NCCCNC(=O)c1ccc(NC(=O)CSC(=O)N2CCCc3cc(Cl)cc(Cl)c32)c(Cl)c1. The first-order chi connectivity index (χ1) is 18.8. The Hall–Kier alpha value is -2.66. The van der Waals surface area contributed by atoms with E-state index in [0.29, 0.717) is 53.0 Å². The highest BCUT2D eigenvalue weighted by Crippen LogP contribution is 2.38. The van der Waals surface area contributed by atoms with Crippen LogP contribution in [-0.2, 0) is 16.0 Å². The third-order valence-corrected chi connectivity index (χ3v) is 7.26. The second-order valence-electron chi connectivity index (χ2n) is 9.99. The molecule has 40 heavy (non-hydrogen) atoms. The number of amides is 4. The van der Waals surface area contributed by atoms with E-state index in [9.17, 15) is 19.2 Å². The second kappa shape index (κ2) is 14.3. The molecule has 0 atom stereocenters. The molecular formula is C27H31Cl3N4O5S. The average molecular weight is 630 g/mol. The molecule has 0 aliphatic carbocycles. The minimum absolute atomic E-state index is 0.133. The third kappa shape index (κ3) is 9.47. The van der Waals surface area contributed by atoms with Gasteiger partial charge < -0.3 is 25.6 Å². The molecular weight excluding hydrogens is 599 g/mol. The minimum atomic E-state index is -0.579. The quantitative estimate of drug-likeness (QED) is 0.286. The number of ether oxygens (including phenoxy) is 1. The molecule has 3 N–H and O–H groups in total. The van der Waals surface area contributed by atoms with Crippen molar-refractivity contribution in [2.75, 3.05) is 35.6 Å². The number of nitrogens with one attached hydrogen (secondary N) is 3. The molecule has 1 aliphatic heterocycles. The highest BCUT2D eigenvalue weighted by molar-refractivity contribution is 8.14. The van der Waals surface area contributed by atoms with E-state index in [0.717, 1.165) is 30.2 Å². The molecule has 0 fully saturated rings. The molecule has 13 heteroatoms. The van der Waals surface area contributed by atoms with E-state index in [1.54, 1.807) is 37.8 Å². The lowest BCUT2D eigenvalue weighted by atomic mass is 10.0. The molecule has 9 nitrogen and oxygen atoms in total. The summed E-state index contributed by atoms with van der Waals surface area (Å²) < 4.78 is 5.15. The van der Waals surface area contributed by atoms with Crippen molar-refractivity contribution in [2.45, 2.75) is 45.6 Å². The van der Waals surface area contributed by atoms with Crippen molar-refractivity contribution in [2.24, 2.45) is 0 Å². The number of rotatable bonds is 8. The fraction of sp³-hybridized carbons (Fsp3) is 0.407. The molecule has 2 aromatic carbocycles. The zero-order valence-corrected chi connectivity index (χ0v) is 25.5. The van der Waals surface area contributed by atoms with E-state index in [1.807, 2.05) is 0 Å². The van der Waals surface area contributed by atoms with Gasteiger partial charge in [-0.2, -0.15) is 0 Å². The first kappa shape index (κ1) is 31.9. The molecule has 1 heterocycles. The summed E-state index contributed by atoms with van der Waals surface area (Å²) in [5.74, 6) is -0.902. The van der Waals surface area contributed by atoms with Crippen LogP contribution in [0.5, 0.6) is 0 Å². The van der Waals surface area contributed by atoms with Gasteiger partial charge in [0.15, 0.2) is 0 Å². The fourth-order valence-corrected chi connectivity index (χ4v) is 5.41. The maximum Gasteiger partial charge on any atom is 0.407 e. The van der Waals surface area contributed by atoms with E-state index < -0.39 is 17.6 Å². The Morgan fingerprint density at radius 2 is 1.73 bits per heavy atom. The second-order valence-corrected chi connectivity index (χ2v) is 12.2. The van der Waals surface area contributed by atoms with Crippen LogP contribution in [0.2, 0.25) is 15.1 Å². The largest absolute Gasteiger partial charge is 0.444 e. The normalized spacial score (nSPS) is 12.8. The van der Waals surface area contributed by atoms with Gasteiger partial charge in [0, 0.05) is 30.2 Å². The third-order valence-electron chi connectivity index (χ3n) is 5.56. The predicted molar refractivity (Wildman–Crippen MR) is 161 cm³/mol. The van der Waals surface area contributed by atoms with Crippen LogP contribution in [0.15, 0.2) is 30.3 Å². The smallest absolute Gasteiger partial charge is 0.407 e. The van der Waals surface area contributed by atoms with Gasteiger partial charge in [0.25, 0.3) is 11.1 Å². The molecule has 0 spiro atoms. The molecule has 0 aromatic heterocycles. The number of nitrogens with zero attached hydrogens (tertiary/aromatic N) is 1. The monoisotopic (exact) mass is 628 g/mol. The van der Waals surface area contributed by atoms with Crippen LogP contribution < -0.4 is 20.9 Å². The molecule has 0 bridgehead atoms. The summed E-state index contributed by atoms with van der Waals surface area (Å²) in [7, 11) is 0. The van der Waals surface area contributed by atoms with E-state index in [4.69, 9.17) is 39.5 Å². The Morgan fingerprint density at radius 3 is 2.42 bits per heavy atom. The van der Waals surface area contributed by atoms with Crippen LogP contribution >= 0.6 is 46.6 Å². The van der Waals surface area contributed by atoms with Crippen LogP contribution in [0, 0.1) is 0 Å². The number of halogens is 3. The highest BCUT2D eigenvalue weighted by Gasteiger charge is 2.26. The number of hydrogen-bond donors (Lipinski definition) is 3. The highest BCUT2D eigenvalue weighted by atomic mass is 35.5. The van der Waals surface area contributed by atoms with Gasteiger partial charge >= 0.3 is 6.09 Å². The summed E-state index contributed by atoms with van der Waals surface area (Å²) in [5.41, 5.74) is 1.58. The topological polar surface area (TPSA) is 117 Å². The predicted octanol–water partition coefficient (Wildman–Crippen LogP) is 6.54. The summed E-state index contributed by atoms with van der Waals surface area (Å²) in [4.78, 5) is 51.1. The van der Waals surface area contributed by atoms with E-state index >= 15 is 0 Å². The molecule has 0 unspecified atom stereocenters. The number of aryl methyl sites for hydroxylation is 1.